The highest BCUT2D eigenvalue weighted by Gasteiger charge is 2.37. The van der Waals surface area contributed by atoms with Gasteiger partial charge < -0.3 is 10.2 Å². The Labute approximate surface area is 123 Å². The molecular formula is C16H20F2N2O. The molecule has 0 radical (unpaired) electrons. The second kappa shape index (κ2) is 6.10. The molecule has 5 heteroatoms. The van der Waals surface area contributed by atoms with Gasteiger partial charge in [0.2, 0.25) is 0 Å². The SMILES string of the molecule is O=C(c1c(F)cccc1F)N1CCCC1C1CCCNC1. The molecule has 2 atom stereocenters. The molecule has 0 bridgehead atoms. The monoisotopic (exact) mass is 294 g/mol. The molecule has 0 spiro atoms. The molecule has 1 amide bonds. The summed E-state index contributed by atoms with van der Waals surface area (Å²) in [5.41, 5.74) is -0.409. The maximum absolute atomic E-state index is 13.8. The number of carbonyl (C=O) groups excluding carboxylic acids is 1. The number of amides is 1. The van der Waals surface area contributed by atoms with E-state index in [1.54, 1.807) is 4.90 Å². The van der Waals surface area contributed by atoms with Crippen LogP contribution in [0.5, 0.6) is 0 Å². The van der Waals surface area contributed by atoms with Gasteiger partial charge in [0.15, 0.2) is 0 Å². The number of hydrogen-bond acceptors (Lipinski definition) is 2. The molecule has 0 aliphatic carbocycles. The average molecular weight is 294 g/mol. The van der Waals surface area contributed by atoms with Crippen LogP contribution in [0.4, 0.5) is 8.78 Å². The highest BCUT2D eigenvalue weighted by atomic mass is 19.1. The largest absolute Gasteiger partial charge is 0.335 e. The molecular weight excluding hydrogens is 274 g/mol. The molecule has 2 aliphatic rings. The summed E-state index contributed by atoms with van der Waals surface area (Å²) >= 11 is 0. The van der Waals surface area contributed by atoms with Crippen molar-refractivity contribution in [2.24, 2.45) is 5.92 Å². The van der Waals surface area contributed by atoms with Gasteiger partial charge in [-0.05, 0) is 56.8 Å². The molecule has 0 saturated carbocycles. The third-order valence-electron chi connectivity index (χ3n) is 4.62. The molecule has 21 heavy (non-hydrogen) atoms. The molecule has 2 saturated heterocycles. The van der Waals surface area contributed by atoms with Crippen molar-refractivity contribution >= 4 is 5.91 Å². The van der Waals surface area contributed by atoms with E-state index < -0.39 is 23.1 Å². The summed E-state index contributed by atoms with van der Waals surface area (Å²) in [6, 6.07) is 3.67. The Kier molecular flexibility index (Phi) is 4.19. The topological polar surface area (TPSA) is 32.3 Å². The zero-order valence-electron chi connectivity index (χ0n) is 11.9. The summed E-state index contributed by atoms with van der Waals surface area (Å²) in [6.45, 7) is 2.49. The van der Waals surface area contributed by atoms with Crippen molar-refractivity contribution in [3.63, 3.8) is 0 Å². The minimum atomic E-state index is -0.771. The second-order valence-corrected chi connectivity index (χ2v) is 5.91. The first-order valence-corrected chi connectivity index (χ1v) is 7.64. The number of carbonyl (C=O) groups is 1. The van der Waals surface area contributed by atoms with E-state index in [1.165, 1.54) is 6.07 Å². The molecule has 1 N–H and O–H groups in total. The van der Waals surface area contributed by atoms with Gasteiger partial charge in [-0.1, -0.05) is 6.07 Å². The van der Waals surface area contributed by atoms with Crippen LogP contribution >= 0.6 is 0 Å². The summed E-state index contributed by atoms with van der Waals surface area (Å²) in [5, 5.41) is 3.35. The normalized spacial score (nSPS) is 26.1. The number of halogens is 2. The Morgan fingerprint density at radius 3 is 2.62 bits per heavy atom. The first-order chi connectivity index (χ1) is 10.2. The van der Waals surface area contributed by atoms with Gasteiger partial charge >= 0.3 is 0 Å². The Hall–Kier alpha value is -1.49. The van der Waals surface area contributed by atoms with Crippen molar-refractivity contribution in [2.45, 2.75) is 31.7 Å². The summed E-state index contributed by atoms with van der Waals surface area (Å²) in [4.78, 5) is 14.2. The van der Waals surface area contributed by atoms with Gasteiger partial charge in [-0.15, -0.1) is 0 Å². The fourth-order valence-corrected chi connectivity index (χ4v) is 3.59. The Morgan fingerprint density at radius 1 is 1.19 bits per heavy atom. The zero-order chi connectivity index (χ0) is 14.8. The van der Waals surface area contributed by atoms with Gasteiger partial charge in [0, 0.05) is 12.6 Å². The Morgan fingerprint density at radius 2 is 1.95 bits per heavy atom. The number of rotatable bonds is 2. The highest BCUT2D eigenvalue weighted by Crippen LogP contribution is 2.30. The van der Waals surface area contributed by atoms with Crippen molar-refractivity contribution in [1.29, 1.82) is 0 Å². The van der Waals surface area contributed by atoms with Crippen LogP contribution in [0.2, 0.25) is 0 Å². The fourth-order valence-electron chi connectivity index (χ4n) is 3.59. The van der Waals surface area contributed by atoms with Crippen molar-refractivity contribution in [1.82, 2.24) is 10.2 Å². The highest BCUT2D eigenvalue weighted by molar-refractivity contribution is 5.95. The summed E-state index contributed by atoms with van der Waals surface area (Å²) in [5.74, 6) is -1.65. The van der Waals surface area contributed by atoms with E-state index in [2.05, 4.69) is 5.32 Å². The lowest BCUT2D eigenvalue weighted by Gasteiger charge is -2.34. The van der Waals surface area contributed by atoms with Crippen molar-refractivity contribution in [2.75, 3.05) is 19.6 Å². The number of likely N-dealkylation sites (tertiary alicyclic amines) is 1. The van der Waals surface area contributed by atoms with E-state index in [4.69, 9.17) is 0 Å². The second-order valence-electron chi connectivity index (χ2n) is 5.91. The van der Waals surface area contributed by atoms with Crippen LogP contribution in [-0.2, 0) is 0 Å². The average Bonchev–Trinajstić information content (AvgIpc) is 2.97. The minimum Gasteiger partial charge on any atom is -0.335 e. The van der Waals surface area contributed by atoms with Crippen LogP contribution in [0.1, 0.15) is 36.0 Å². The number of benzene rings is 1. The van der Waals surface area contributed by atoms with E-state index in [1.807, 2.05) is 0 Å². The van der Waals surface area contributed by atoms with E-state index in [9.17, 15) is 13.6 Å². The van der Waals surface area contributed by atoms with Crippen LogP contribution in [-0.4, -0.2) is 36.5 Å². The number of piperidine rings is 1. The molecule has 114 valence electrons. The molecule has 3 nitrogen and oxygen atoms in total. The van der Waals surface area contributed by atoms with Crippen LogP contribution in [0, 0.1) is 17.6 Å². The number of nitrogens with zero attached hydrogens (tertiary/aromatic N) is 1. The van der Waals surface area contributed by atoms with Crippen LogP contribution in [0.25, 0.3) is 0 Å². The third kappa shape index (κ3) is 2.79. The molecule has 2 fully saturated rings. The van der Waals surface area contributed by atoms with E-state index in [0.29, 0.717) is 12.5 Å². The van der Waals surface area contributed by atoms with Crippen LogP contribution in [0.15, 0.2) is 18.2 Å². The van der Waals surface area contributed by atoms with Crippen molar-refractivity contribution < 1.29 is 13.6 Å². The Bertz CT molecular complexity index is 509. The number of hydrogen-bond donors (Lipinski definition) is 1. The molecule has 3 rings (SSSR count). The smallest absolute Gasteiger partial charge is 0.260 e. The molecule has 2 heterocycles. The van der Waals surface area contributed by atoms with Crippen LogP contribution < -0.4 is 5.32 Å². The van der Waals surface area contributed by atoms with Crippen LogP contribution in [0.3, 0.4) is 0 Å². The minimum absolute atomic E-state index is 0.101. The van der Waals surface area contributed by atoms with Gasteiger partial charge in [0.1, 0.15) is 17.2 Å². The van der Waals surface area contributed by atoms with Gasteiger partial charge in [0.25, 0.3) is 5.91 Å². The van der Waals surface area contributed by atoms with Gasteiger partial charge in [-0.2, -0.15) is 0 Å². The molecule has 1 aromatic carbocycles. The lowest BCUT2D eigenvalue weighted by molar-refractivity contribution is 0.0661. The van der Waals surface area contributed by atoms with Gasteiger partial charge in [-0.25, -0.2) is 8.78 Å². The number of nitrogens with one attached hydrogen (secondary N) is 1. The molecule has 2 unspecified atom stereocenters. The maximum atomic E-state index is 13.8. The van der Waals surface area contributed by atoms with E-state index in [-0.39, 0.29) is 6.04 Å². The fraction of sp³-hybridized carbons (Fsp3) is 0.562. The van der Waals surface area contributed by atoms with E-state index >= 15 is 0 Å². The zero-order valence-corrected chi connectivity index (χ0v) is 11.9. The summed E-state index contributed by atoms with van der Waals surface area (Å²) in [7, 11) is 0. The predicted octanol–water partition coefficient (Wildman–Crippen LogP) is 2.57. The van der Waals surface area contributed by atoms with Gasteiger partial charge in [0.05, 0.1) is 0 Å². The predicted molar refractivity (Wildman–Crippen MR) is 76.0 cm³/mol. The molecule has 0 aromatic heterocycles. The standard InChI is InChI=1S/C16H20F2N2O/c17-12-5-1-6-13(18)15(12)16(21)20-9-3-7-14(20)11-4-2-8-19-10-11/h1,5-6,11,14,19H,2-4,7-10H2. The lowest BCUT2D eigenvalue weighted by atomic mass is 9.90. The first kappa shape index (κ1) is 14.4. The third-order valence-corrected chi connectivity index (χ3v) is 4.62. The molecule has 2 aliphatic heterocycles. The van der Waals surface area contributed by atoms with Crippen molar-refractivity contribution in [3.05, 3.63) is 35.4 Å². The summed E-state index contributed by atoms with van der Waals surface area (Å²) < 4.78 is 27.6. The van der Waals surface area contributed by atoms with Gasteiger partial charge in [-0.3, -0.25) is 4.79 Å². The molecule has 1 aromatic rings. The summed E-state index contributed by atoms with van der Waals surface area (Å²) in [6.07, 6.45) is 4.00. The Balaban J connectivity index is 1.83. The van der Waals surface area contributed by atoms with E-state index in [0.717, 1.165) is 50.9 Å². The lowest BCUT2D eigenvalue weighted by Crippen LogP contribution is -2.46. The van der Waals surface area contributed by atoms with Crippen molar-refractivity contribution in [3.8, 4) is 0 Å². The first-order valence-electron chi connectivity index (χ1n) is 7.64. The maximum Gasteiger partial charge on any atom is 0.260 e. The quantitative estimate of drug-likeness (QED) is 0.909.